The van der Waals surface area contributed by atoms with Gasteiger partial charge in [0.05, 0.1) is 10.9 Å². The lowest BCUT2D eigenvalue weighted by Gasteiger charge is -2.14. The largest absolute Gasteiger partial charge is 0.366 e. The highest BCUT2D eigenvalue weighted by Gasteiger charge is 2.07. The lowest BCUT2D eigenvalue weighted by atomic mass is 10.0. The van der Waals surface area contributed by atoms with Crippen LogP contribution in [0, 0.1) is 0 Å². The second-order valence-corrected chi connectivity index (χ2v) is 7.21. The molecule has 7 heteroatoms. The Morgan fingerprint density at radius 3 is 2.72 bits per heavy atom. The van der Waals surface area contributed by atoms with E-state index in [0.717, 1.165) is 11.4 Å². The molecule has 2 aromatic heterocycles. The summed E-state index contributed by atoms with van der Waals surface area (Å²) in [5.41, 5.74) is 1.51. The van der Waals surface area contributed by atoms with Crippen LogP contribution >= 0.6 is 0 Å². The lowest BCUT2D eigenvalue weighted by molar-refractivity contribution is -0.116. The Labute approximate surface area is 169 Å². The van der Waals surface area contributed by atoms with E-state index in [0.29, 0.717) is 23.4 Å². The van der Waals surface area contributed by atoms with Gasteiger partial charge < -0.3 is 10.6 Å². The number of benzene rings is 1. The highest BCUT2D eigenvalue weighted by Crippen LogP contribution is 2.17. The summed E-state index contributed by atoms with van der Waals surface area (Å²) in [4.78, 5) is 33.3. The van der Waals surface area contributed by atoms with Crippen molar-refractivity contribution in [1.82, 2.24) is 19.9 Å². The SMILES string of the molecule is CC(CNC(=O)/C=C/n1cnc2ccc(C(C)C)cc2c1=O)Nc1ccccn1. The summed E-state index contributed by atoms with van der Waals surface area (Å²) >= 11 is 0. The minimum absolute atomic E-state index is 0.00163. The van der Waals surface area contributed by atoms with E-state index in [1.165, 1.54) is 23.2 Å². The molecule has 0 spiro atoms. The quantitative estimate of drug-likeness (QED) is 0.605. The van der Waals surface area contributed by atoms with Crippen LogP contribution in [0.1, 0.15) is 32.3 Å². The first-order chi connectivity index (χ1) is 13.9. The van der Waals surface area contributed by atoms with E-state index in [1.54, 1.807) is 6.20 Å². The second-order valence-electron chi connectivity index (χ2n) is 7.21. The van der Waals surface area contributed by atoms with Crippen LogP contribution < -0.4 is 16.2 Å². The van der Waals surface area contributed by atoms with E-state index in [1.807, 2.05) is 43.3 Å². The van der Waals surface area contributed by atoms with Gasteiger partial charge in [-0.3, -0.25) is 14.2 Å². The number of carbonyl (C=O) groups is 1. The van der Waals surface area contributed by atoms with E-state index < -0.39 is 0 Å². The molecule has 1 amide bonds. The second kappa shape index (κ2) is 9.14. The molecule has 1 aromatic carbocycles. The van der Waals surface area contributed by atoms with Crippen LogP contribution in [0.3, 0.4) is 0 Å². The zero-order chi connectivity index (χ0) is 20.8. The number of carbonyl (C=O) groups excluding carboxylic acids is 1. The fraction of sp³-hybridized carbons (Fsp3) is 0.273. The third-order valence-corrected chi connectivity index (χ3v) is 4.50. The summed E-state index contributed by atoms with van der Waals surface area (Å²) < 4.78 is 1.32. The number of rotatable bonds is 7. The Morgan fingerprint density at radius 1 is 1.17 bits per heavy atom. The predicted octanol–water partition coefficient (Wildman–Crippen LogP) is 3.00. The van der Waals surface area contributed by atoms with Gasteiger partial charge in [0.25, 0.3) is 5.56 Å². The Hall–Kier alpha value is -3.48. The van der Waals surface area contributed by atoms with Crippen molar-refractivity contribution < 1.29 is 4.79 Å². The first-order valence-electron chi connectivity index (χ1n) is 9.58. The van der Waals surface area contributed by atoms with Gasteiger partial charge in [-0.25, -0.2) is 9.97 Å². The molecule has 0 saturated heterocycles. The first-order valence-corrected chi connectivity index (χ1v) is 9.58. The molecule has 3 rings (SSSR count). The highest BCUT2D eigenvalue weighted by molar-refractivity contribution is 5.90. The van der Waals surface area contributed by atoms with Gasteiger partial charge in [0, 0.05) is 31.1 Å². The molecule has 7 nitrogen and oxygen atoms in total. The molecule has 0 fully saturated rings. The Kier molecular flexibility index (Phi) is 6.39. The molecule has 3 aromatic rings. The molecule has 150 valence electrons. The average Bonchev–Trinajstić information content (AvgIpc) is 2.72. The highest BCUT2D eigenvalue weighted by atomic mass is 16.1. The van der Waals surface area contributed by atoms with Crippen molar-refractivity contribution in [2.24, 2.45) is 0 Å². The summed E-state index contributed by atoms with van der Waals surface area (Å²) in [7, 11) is 0. The first kappa shape index (κ1) is 20.3. The van der Waals surface area contributed by atoms with Crippen LogP contribution in [0.2, 0.25) is 0 Å². The maximum absolute atomic E-state index is 12.7. The van der Waals surface area contributed by atoms with Crippen molar-refractivity contribution in [3.05, 3.63) is 70.9 Å². The third kappa shape index (κ3) is 5.28. The fourth-order valence-corrected chi connectivity index (χ4v) is 2.83. The van der Waals surface area contributed by atoms with E-state index in [9.17, 15) is 9.59 Å². The molecule has 1 atom stereocenters. The van der Waals surface area contributed by atoms with Crippen LogP contribution in [0.15, 0.2) is 59.8 Å². The van der Waals surface area contributed by atoms with Gasteiger partial charge in [-0.15, -0.1) is 0 Å². The number of amides is 1. The monoisotopic (exact) mass is 391 g/mol. The molecule has 2 N–H and O–H groups in total. The third-order valence-electron chi connectivity index (χ3n) is 4.50. The van der Waals surface area contributed by atoms with Crippen molar-refractivity contribution in [3.63, 3.8) is 0 Å². The number of hydrogen-bond acceptors (Lipinski definition) is 5. The van der Waals surface area contributed by atoms with Crippen LogP contribution in [-0.4, -0.2) is 33.0 Å². The smallest absolute Gasteiger partial charge is 0.265 e. The van der Waals surface area contributed by atoms with Crippen molar-refractivity contribution in [1.29, 1.82) is 0 Å². The molecule has 0 saturated carbocycles. The van der Waals surface area contributed by atoms with Gasteiger partial charge in [0.1, 0.15) is 12.1 Å². The molecule has 1 unspecified atom stereocenters. The summed E-state index contributed by atoms with van der Waals surface area (Å²) in [6.45, 7) is 6.51. The van der Waals surface area contributed by atoms with Gasteiger partial charge in [-0.05, 0) is 42.7 Å². The molecule has 0 aliphatic carbocycles. The minimum Gasteiger partial charge on any atom is -0.366 e. The number of fused-ring (bicyclic) bond motifs is 1. The van der Waals surface area contributed by atoms with E-state index in [-0.39, 0.29) is 17.5 Å². The summed E-state index contributed by atoms with van der Waals surface area (Å²) in [5.74, 6) is 0.775. The Balaban J connectivity index is 1.64. The van der Waals surface area contributed by atoms with Crippen LogP contribution in [0.25, 0.3) is 17.1 Å². The van der Waals surface area contributed by atoms with E-state index >= 15 is 0 Å². The summed E-state index contributed by atoms with van der Waals surface area (Å²) in [6, 6.07) is 11.3. The topological polar surface area (TPSA) is 88.9 Å². The number of nitrogens with zero attached hydrogens (tertiary/aromatic N) is 3. The fourth-order valence-electron chi connectivity index (χ4n) is 2.83. The summed E-state index contributed by atoms with van der Waals surface area (Å²) in [6.07, 6.45) is 5.89. The van der Waals surface area contributed by atoms with Crippen LogP contribution in [0.4, 0.5) is 5.82 Å². The van der Waals surface area contributed by atoms with Crippen LogP contribution in [-0.2, 0) is 4.79 Å². The lowest BCUT2D eigenvalue weighted by Crippen LogP contribution is -2.34. The van der Waals surface area contributed by atoms with Crippen molar-refractivity contribution in [2.75, 3.05) is 11.9 Å². The molecule has 29 heavy (non-hydrogen) atoms. The molecular formula is C22H25N5O2. The van der Waals surface area contributed by atoms with Crippen LogP contribution in [0.5, 0.6) is 0 Å². The zero-order valence-electron chi connectivity index (χ0n) is 16.8. The molecule has 0 bridgehead atoms. The zero-order valence-corrected chi connectivity index (χ0v) is 16.8. The van der Waals surface area contributed by atoms with Gasteiger partial charge in [0.15, 0.2) is 0 Å². The maximum Gasteiger partial charge on any atom is 0.265 e. The molecule has 0 radical (unpaired) electrons. The number of nitrogens with one attached hydrogen (secondary N) is 2. The standard InChI is InChI=1S/C22H25N5O2/c1-15(2)17-7-8-19-18(12-17)22(29)27(14-25-19)11-9-21(28)24-13-16(3)26-20-6-4-5-10-23-20/h4-12,14-16H,13H2,1-3H3,(H,23,26)(H,24,28)/b11-9+. The van der Waals surface area contributed by atoms with Gasteiger partial charge >= 0.3 is 0 Å². The molecule has 0 aliphatic heterocycles. The number of aromatic nitrogens is 3. The van der Waals surface area contributed by atoms with E-state index in [2.05, 4.69) is 34.4 Å². The molecule has 0 aliphatic rings. The van der Waals surface area contributed by atoms with Gasteiger partial charge in [0.2, 0.25) is 5.91 Å². The minimum atomic E-state index is -0.289. The van der Waals surface area contributed by atoms with Gasteiger partial charge in [-0.2, -0.15) is 0 Å². The van der Waals surface area contributed by atoms with Crippen molar-refractivity contribution in [2.45, 2.75) is 32.7 Å². The number of pyridine rings is 1. The normalized spacial score (nSPS) is 12.4. The maximum atomic E-state index is 12.7. The number of anilines is 1. The number of hydrogen-bond donors (Lipinski definition) is 2. The Bertz CT molecular complexity index is 1070. The molecular weight excluding hydrogens is 366 g/mol. The molecule has 2 heterocycles. The summed E-state index contributed by atoms with van der Waals surface area (Å²) in [5, 5.41) is 6.54. The predicted molar refractivity (Wildman–Crippen MR) is 116 cm³/mol. The van der Waals surface area contributed by atoms with Crippen molar-refractivity contribution >= 4 is 28.8 Å². The van der Waals surface area contributed by atoms with Crippen molar-refractivity contribution in [3.8, 4) is 0 Å². The Morgan fingerprint density at radius 2 is 2.00 bits per heavy atom. The average molecular weight is 391 g/mol. The van der Waals surface area contributed by atoms with Gasteiger partial charge in [-0.1, -0.05) is 26.0 Å². The van der Waals surface area contributed by atoms with E-state index in [4.69, 9.17) is 0 Å².